The average Bonchev–Trinajstić information content (AvgIpc) is 2.67. The Morgan fingerprint density at radius 2 is 1.43 bits per heavy atom. The van der Waals surface area contributed by atoms with Crippen LogP contribution in [0.15, 0.2) is 54.6 Å². The molecule has 3 rings (SSSR count). The summed E-state index contributed by atoms with van der Waals surface area (Å²) in [6.07, 6.45) is 0. The lowest BCUT2D eigenvalue weighted by Crippen LogP contribution is -2.52. The molecule has 1 heterocycles. The lowest BCUT2D eigenvalue weighted by molar-refractivity contribution is -0.124. The number of carbonyl (C=O) groups is 2. The van der Waals surface area contributed by atoms with Crippen LogP contribution in [0, 0.1) is 0 Å². The average molecular weight is 380 g/mol. The number of hydrogen-bond donors (Lipinski definition) is 1. The fraction of sp³-hybridized carbons (Fsp3) is 0.391. The molecule has 1 aliphatic heterocycles. The van der Waals surface area contributed by atoms with E-state index in [-0.39, 0.29) is 17.4 Å². The van der Waals surface area contributed by atoms with Gasteiger partial charge >= 0.3 is 0 Å². The van der Waals surface area contributed by atoms with Gasteiger partial charge in [0.15, 0.2) is 0 Å². The van der Waals surface area contributed by atoms with E-state index in [2.05, 4.69) is 22.3 Å². The van der Waals surface area contributed by atoms with Crippen LogP contribution in [0.5, 0.6) is 0 Å². The largest absolute Gasteiger partial charge is 0.350 e. The highest BCUT2D eigenvalue weighted by Crippen LogP contribution is 2.20. The zero-order valence-corrected chi connectivity index (χ0v) is 16.9. The quantitative estimate of drug-likeness (QED) is 0.888. The van der Waals surface area contributed by atoms with Crippen molar-refractivity contribution in [1.82, 2.24) is 15.1 Å². The molecule has 1 aliphatic rings. The topological polar surface area (TPSA) is 52.7 Å². The van der Waals surface area contributed by atoms with Gasteiger partial charge in [-0.05, 0) is 44.0 Å². The minimum absolute atomic E-state index is 0.0313. The Hall–Kier alpha value is -2.66. The second kappa shape index (κ2) is 8.57. The third-order valence-corrected chi connectivity index (χ3v) is 4.78. The van der Waals surface area contributed by atoms with Crippen molar-refractivity contribution in [3.05, 3.63) is 60.2 Å². The monoisotopic (exact) mass is 379 g/mol. The van der Waals surface area contributed by atoms with E-state index in [1.165, 1.54) is 0 Å². The van der Waals surface area contributed by atoms with Crippen molar-refractivity contribution in [1.29, 1.82) is 0 Å². The van der Waals surface area contributed by atoms with Crippen LogP contribution < -0.4 is 5.32 Å². The van der Waals surface area contributed by atoms with Crippen molar-refractivity contribution in [2.24, 2.45) is 0 Å². The van der Waals surface area contributed by atoms with Crippen LogP contribution in [0.25, 0.3) is 11.1 Å². The van der Waals surface area contributed by atoms with Gasteiger partial charge in [-0.2, -0.15) is 0 Å². The van der Waals surface area contributed by atoms with Gasteiger partial charge in [0, 0.05) is 37.3 Å². The summed E-state index contributed by atoms with van der Waals surface area (Å²) in [6, 6.07) is 17.9. The molecule has 1 N–H and O–H groups in total. The van der Waals surface area contributed by atoms with Crippen molar-refractivity contribution >= 4 is 11.8 Å². The van der Waals surface area contributed by atoms with Crippen molar-refractivity contribution in [2.45, 2.75) is 26.3 Å². The second-order valence-electron chi connectivity index (χ2n) is 8.31. The van der Waals surface area contributed by atoms with E-state index < -0.39 is 0 Å². The summed E-state index contributed by atoms with van der Waals surface area (Å²) >= 11 is 0. The molecule has 1 saturated heterocycles. The first-order chi connectivity index (χ1) is 13.3. The maximum absolute atomic E-state index is 12.8. The fourth-order valence-corrected chi connectivity index (χ4v) is 3.39. The van der Waals surface area contributed by atoms with Crippen LogP contribution >= 0.6 is 0 Å². The molecular weight excluding hydrogens is 350 g/mol. The lowest BCUT2D eigenvalue weighted by Gasteiger charge is -2.35. The predicted molar refractivity (Wildman–Crippen MR) is 112 cm³/mol. The van der Waals surface area contributed by atoms with Crippen LogP contribution in [0.1, 0.15) is 31.1 Å². The molecule has 2 aromatic carbocycles. The summed E-state index contributed by atoms with van der Waals surface area (Å²) in [7, 11) is 0. The van der Waals surface area contributed by atoms with E-state index in [0.717, 1.165) is 11.1 Å². The van der Waals surface area contributed by atoms with Gasteiger partial charge in [0.25, 0.3) is 5.91 Å². The van der Waals surface area contributed by atoms with Crippen molar-refractivity contribution in [3.8, 4) is 11.1 Å². The van der Waals surface area contributed by atoms with E-state index >= 15 is 0 Å². The molecular formula is C23H29N3O2. The molecule has 0 aromatic heterocycles. The molecule has 0 radical (unpaired) electrons. The summed E-state index contributed by atoms with van der Waals surface area (Å²) in [5.74, 6) is 0.0854. The van der Waals surface area contributed by atoms with E-state index in [1.807, 2.05) is 68.1 Å². The van der Waals surface area contributed by atoms with Gasteiger partial charge < -0.3 is 10.2 Å². The minimum Gasteiger partial charge on any atom is -0.350 e. The molecule has 0 spiro atoms. The molecule has 148 valence electrons. The van der Waals surface area contributed by atoms with Gasteiger partial charge in [-0.15, -0.1) is 0 Å². The Bertz CT molecular complexity index is 802. The Morgan fingerprint density at radius 3 is 2.00 bits per heavy atom. The molecule has 5 heteroatoms. The standard InChI is InChI=1S/C23H29N3O2/c1-23(2,3)24-21(27)17-25-13-15-26(16-14-25)22(28)20-11-9-19(10-12-20)18-7-5-4-6-8-18/h4-12H,13-17H2,1-3H3,(H,24,27). The Morgan fingerprint density at radius 1 is 0.857 bits per heavy atom. The molecule has 0 saturated carbocycles. The third-order valence-electron chi connectivity index (χ3n) is 4.78. The molecule has 28 heavy (non-hydrogen) atoms. The lowest BCUT2D eigenvalue weighted by atomic mass is 10.0. The molecule has 1 fully saturated rings. The molecule has 0 unspecified atom stereocenters. The van der Waals surface area contributed by atoms with E-state index in [0.29, 0.717) is 38.3 Å². The molecule has 0 atom stereocenters. The first-order valence-electron chi connectivity index (χ1n) is 9.80. The smallest absolute Gasteiger partial charge is 0.253 e. The first kappa shape index (κ1) is 20.1. The SMILES string of the molecule is CC(C)(C)NC(=O)CN1CCN(C(=O)c2ccc(-c3ccccc3)cc2)CC1. The number of amides is 2. The highest BCUT2D eigenvalue weighted by molar-refractivity contribution is 5.94. The van der Waals surface area contributed by atoms with E-state index in [4.69, 9.17) is 0 Å². The fourth-order valence-electron chi connectivity index (χ4n) is 3.39. The van der Waals surface area contributed by atoms with Crippen molar-refractivity contribution < 1.29 is 9.59 Å². The Kier molecular flexibility index (Phi) is 6.15. The van der Waals surface area contributed by atoms with Gasteiger partial charge in [0.1, 0.15) is 0 Å². The van der Waals surface area contributed by atoms with Crippen molar-refractivity contribution in [2.75, 3.05) is 32.7 Å². The zero-order chi connectivity index (χ0) is 20.1. The van der Waals surface area contributed by atoms with Gasteiger partial charge in [-0.3, -0.25) is 14.5 Å². The predicted octanol–water partition coefficient (Wildman–Crippen LogP) is 3.03. The molecule has 0 bridgehead atoms. The maximum Gasteiger partial charge on any atom is 0.253 e. The first-order valence-corrected chi connectivity index (χ1v) is 9.80. The van der Waals surface area contributed by atoms with E-state index in [9.17, 15) is 9.59 Å². The summed E-state index contributed by atoms with van der Waals surface area (Å²) in [6.45, 7) is 9.02. The second-order valence-corrected chi connectivity index (χ2v) is 8.31. The van der Waals surface area contributed by atoms with Crippen LogP contribution in [-0.2, 0) is 4.79 Å². The third kappa shape index (κ3) is 5.42. The zero-order valence-electron chi connectivity index (χ0n) is 16.9. The minimum atomic E-state index is -0.221. The summed E-state index contributed by atoms with van der Waals surface area (Å²) in [4.78, 5) is 28.8. The highest BCUT2D eigenvalue weighted by atomic mass is 16.2. The number of hydrogen-bond acceptors (Lipinski definition) is 3. The van der Waals surface area contributed by atoms with Crippen LogP contribution in [0.4, 0.5) is 0 Å². The summed E-state index contributed by atoms with van der Waals surface area (Å²) in [5.41, 5.74) is 2.73. The van der Waals surface area contributed by atoms with Crippen molar-refractivity contribution in [3.63, 3.8) is 0 Å². The van der Waals surface area contributed by atoms with Gasteiger partial charge in [-0.25, -0.2) is 0 Å². The van der Waals surface area contributed by atoms with Gasteiger partial charge in [0.05, 0.1) is 6.54 Å². The van der Waals surface area contributed by atoms with Gasteiger partial charge in [0.2, 0.25) is 5.91 Å². The number of benzene rings is 2. The Balaban J connectivity index is 1.53. The van der Waals surface area contributed by atoms with Crippen LogP contribution in [-0.4, -0.2) is 59.9 Å². The van der Waals surface area contributed by atoms with E-state index in [1.54, 1.807) is 0 Å². The highest BCUT2D eigenvalue weighted by Gasteiger charge is 2.24. The summed E-state index contributed by atoms with van der Waals surface area (Å²) < 4.78 is 0. The number of rotatable bonds is 4. The number of piperazine rings is 1. The molecule has 0 aliphatic carbocycles. The number of nitrogens with zero attached hydrogens (tertiary/aromatic N) is 2. The molecule has 2 aromatic rings. The Labute approximate surface area is 167 Å². The maximum atomic E-state index is 12.8. The summed E-state index contributed by atoms with van der Waals surface area (Å²) in [5, 5.41) is 2.98. The number of carbonyl (C=O) groups excluding carboxylic acids is 2. The van der Waals surface area contributed by atoms with Crippen LogP contribution in [0.3, 0.4) is 0 Å². The van der Waals surface area contributed by atoms with Gasteiger partial charge in [-0.1, -0.05) is 42.5 Å². The number of nitrogens with one attached hydrogen (secondary N) is 1. The normalized spacial score (nSPS) is 15.3. The molecule has 5 nitrogen and oxygen atoms in total. The van der Waals surface area contributed by atoms with Crippen LogP contribution in [0.2, 0.25) is 0 Å². The molecule has 2 amide bonds.